The Kier molecular flexibility index (Phi) is 5.07. The molecule has 172 valence electrons. The molecule has 3 N–H and O–H groups in total. The van der Waals surface area contributed by atoms with Crippen LogP contribution in [0.5, 0.6) is 0 Å². The Hall–Kier alpha value is -4.44. The molecule has 6 aromatic rings. The van der Waals surface area contributed by atoms with Crippen molar-refractivity contribution >= 4 is 45.0 Å². The molecule has 0 radical (unpaired) electrons. The molecule has 0 aliphatic heterocycles. The molecule has 10 heteroatoms. The number of nitrogens with zero attached hydrogens (tertiary/aromatic N) is 4. The highest BCUT2D eigenvalue weighted by atomic mass is 32.1. The van der Waals surface area contributed by atoms with Gasteiger partial charge in [-0.2, -0.15) is 16.4 Å². The van der Waals surface area contributed by atoms with Gasteiger partial charge in [-0.05, 0) is 46.7 Å². The Balaban J connectivity index is 1.48. The number of halogens is 1. The molecule has 0 spiro atoms. The Morgan fingerprint density at radius 3 is 2.89 bits per heavy atom. The van der Waals surface area contributed by atoms with E-state index in [1.54, 1.807) is 48.9 Å². The van der Waals surface area contributed by atoms with Crippen LogP contribution in [-0.2, 0) is 4.79 Å². The van der Waals surface area contributed by atoms with Crippen molar-refractivity contribution in [1.82, 2.24) is 30.1 Å². The number of aromatic nitrogens is 6. The predicted molar refractivity (Wildman–Crippen MR) is 134 cm³/mol. The van der Waals surface area contributed by atoms with Gasteiger partial charge in [-0.3, -0.25) is 14.9 Å². The molecule has 5 heterocycles. The Labute approximate surface area is 202 Å². The number of amides is 1. The second-order valence-corrected chi connectivity index (χ2v) is 8.72. The van der Waals surface area contributed by atoms with Crippen molar-refractivity contribution in [3.05, 3.63) is 65.5 Å². The van der Waals surface area contributed by atoms with E-state index >= 15 is 4.39 Å². The van der Waals surface area contributed by atoms with Crippen molar-refractivity contribution in [2.24, 2.45) is 0 Å². The summed E-state index contributed by atoms with van der Waals surface area (Å²) in [5, 5.41) is 14.4. The number of carbonyl (C=O) groups is 1. The largest absolute Gasteiger partial charge is 0.335 e. The van der Waals surface area contributed by atoms with E-state index in [1.165, 1.54) is 6.20 Å². The highest BCUT2D eigenvalue weighted by molar-refractivity contribution is 7.08. The molecule has 0 saturated carbocycles. The quantitative estimate of drug-likeness (QED) is 0.288. The van der Waals surface area contributed by atoms with E-state index in [9.17, 15) is 4.79 Å². The van der Waals surface area contributed by atoms with Gasteiger partial charge in [0, 0.05) is 35.5 Å². The van der Waals surface area contributed by atoms with Crippen molar-refractivity contribution < 1.29 is 9.18 Å². The lowest BCUT2D eigenvalue weighted by atomic mass is 10.0. The highest BCUT2D eigenvalue weighted by Gasteiger charge is 2.21. The molecule has 0 aliphatic rings. The number of nitrogens with one attached hydrogen (secondary N) is 3. The zero-order valence-corrected chi connectivity index (χ0v) is 19.3. The number of anilines is 1. The van der Waals surface area contributed by atoms with Crippen LogP contribution in [0.2, 0.25) is 0 Å². The van der Waals surface area contributed by atoms with Gasteiger partial charge in [0.25, 0.3) is 0 Å². The Morgan fingerprint density at radius 2 is 2.06 bits per heavy atom. The number of thiophene rings is 1. The van der Waals surface area contributed by atoms with Gasteiger partial charge >= 0.3 is 0 Å². The summed E-state index contributed by atoms with van der Waals surface area (Å²) in [5.41, 5.74) is 5.59. The maximum Gasteiger partial charge on any atom is 0.224 e. The van der Waals surface area contributed by atoms with Crippen molar-refractivity contribution in [2.45, 2.75) is 13.3 Å². The lowest BCUT2D eigenvalue weighted by Crippen LogP contribution is -2.09. The minimum Gasteiger partial charge on any atom is -0.335 e. The average Bonchev–Trinajstić information content (AvgIpc) is 3.63. The first-order valence-electron chi connectivity index (χ1n) is 10.9. The van der Waals surface area contributed by atoms with Crippen LogP contribution in [0.15, 0.2) is 59.7 Å². The number of hydrogen-bond acceptors (Lipinski definition) is 6. The van der Waals surface area contributed by atoms with E-state index in [0.29, 0.717) is 51.3 Å². The molecule has 8 nitrogen and oxygen atoms in total. The summed E-state index contributed by atoms with van der Waals surface area (Å²) in [6.07, 6.45) is 5.13. The van der Waals surface area contributed by atoms with Crippen LogP contribution < -0.4 is 5.32 Å². The van der Waals surface area contributed by atoms with Crippen molar-refractivity contribution in [1.29, 1.82) is 0 Å². The molecule has 0 bridgehead atoms. The second kappa shape index (κ2) is 8.41. The van der Waals surface area contributed by atoms with Crippen molar-refractivity contribution in [3.8, 4) is 33.8 Å². The maximum atomic E-state index is 15.9. The molecule has 1 amide bonds. The van der Waals surface area contributed by atoms with Gasteiger partial charge in [-0.1, -0.05) is 6.92 Å². The fourth-order valence-electron chi connectivity index (χ4n) is 4.05. The molecular weight excluding hydrogens is 465 g/mol. The normalized spacial score (nSPS) is 11.4. The van der Waals surface area contributed by atoms with Gasteiger partial charge in [0.1, 0.15) is 11.5 Å². The molecule has 35 heavy (non-hydrogen) atoms. The van der Waals surface area contributed by atoms with Crippen LogP contribution in [0.4, 0.5) is 10.1 Å². The molecule has 0 unspecified atom stereocenters. The van der Waals surface area contributed by atoms with Crippen LogP contribution >= 0.6 is 11.3 Å². The number of aromatic amines is 2. The molecule has 0 atom stereocenters. The SMILES string of the molecule is CCC(=O)Nc1cncc(-c2ccc3[nH]nc(-c4nc5nccc(-c6ccsc6)c5[nH]4)c3c2F)c1. The highest BCUT2D eigenvalue weighted by Crippen LogP contribution is 2.35. The number of H-pyrrole nitrogens is 2. The minimum atomic E-state index is -0.460. The molecule has 6 rings (SSSR count). The number of imidazole rings is 1. The van der Waals surface area contributed by atoms with Gasteiger partial charge in [-0.25, -0.2) is 14.4 Å². The summed E-state index contributed by atoms with van der Waals surface area (Å²) < 4.78 is 15.9. The first-order chi connectivity index (χ1) is 17.1. The lowest BCUT2D eigenvalue weighted by molar-refractivity contribution is -0.115. The molecular formula is C25H18FN7OS. The van der Waals surface area contributed by atoms with Crippen LogP contribution in [0.3, 0.4) is 0 Å². The number of rotatable bonds is 5. The number of carbonyl (C=O) groups excluding carboxylic acids is 1. The van der Waals surface area contributed by atoms with Gasteiger partial charge in [0.05, 0.1) is 28.3 Å². The molecule has 0 aliphatic carbocycles. The standard InChI is InChI=1S/C25H18FN7OS/c1-2-19(34)29-15-9-14(10-27-11-15)16-3-4-18-20(21(16)26)23(33-32-18)25-30-22-17(13-6-8-35-12-13)5-7-28-24(22)31-25/h3-12H,2H2,1H3,(H,29,34)(H,32,33)(H,28,30,31). The smallest absolute Gasteiger partial charge is 0.224 e. The third-order valence-corrected chi connectivity index (χ3v) is 6.45. The van der Waals surface area contributed by atoms with Crippen LogP contribution in [0.25, 0.3) is 55.8 Å². The van der Waals surface area contributed by atoms with E-state index in [0.717, 1.165) is 16.6 Å². The van der Waals surface area contributed by atoms with Crippen molar-refractivity contribution in [2.75, 3.05) is 5.32 Å². The molecule has 0 saturated heterocycles. The third kappa shape index (κ3) is 3.64. The first-order valence-corrected chi connectivity index (χ1v) is 11.9. The number of pyridine rings is 2. The Bertz CT molecular complexity index is 1700. The molecule has 5 aromatic heterocycles. The van der Waals surface area contributed by atoms with E-state index in [-0.39, 0.29) is 5.91 Å². The predicted octanol–water partition coefficient (Wildman–Crippen LogP) is 5.78. The zero-order valence-electron chi connectivity index (χ0n) is 18.5. The summed E-state index contributed by atoms with van der Waals surface area (Å²) in [4.78, 5) is 28.2. The lowest BCUT2D eigenvalue weighted by Gasteiger charge is -2.08. The van der Waals surface area contributed by atoms with Crippen LogP contribution in [0.1, 0.15) is 13.3 Å². The number of benzene rings is 1. The van der Waals surface area contributed by atoms with E-state index < -0.39 is 5.82 Å². The van der Waals surface area contributed by atoms with E-state index in [4.69, 9.17) is 0 Å². The van der Waals surface area contributed by atoms with E-state index in [2.05, 4.69) is 40.8 Å². The monoisotopic (exact) mass is 483 g/mol. The zero-order chi connectivity index (χ0) is 23.9. The van der Waals surface area contributed by atoms with Crippen LogP contribution in [-0.4, -0.2) is 36.0 Å². The summed E-state index contributed by atoms with van der Waals surface area (Å²) in [7, 11) is 0. The van der Waals surface area contributed by atoms with E-state index in [1.807, 2.05) is 17.5 Å². The molecule has 0 fully saturated rings. The second-order valence-electron chi connectivity index (χ2n) is 7.94. The van der Waals surface area contributed by atoms with Gasteiger partial charge < -0.3 is 10.3 Å². The summed E-state index contributed by atoms with van der Waals surface area (Å²) >= 11 is 1.61. The Morgan fingerprint density at radius 1 is 1.14 bits per heavy atom. The summed E-state index contributed by atoms with van der Waals surface area (Å²) in [6.45, 7) is 1.76. The van der Waals surface area contributed by atoms with Crippen LogP contribution in [0, 0.1) is 5.82 Å². The average molecular weight is 484 g/mol. The third-order valence-electron chi connectivity index (χ3n) is 5.77. The van der Waals surface area contributed by atoms with Gasteiger partial charge in [0.15, 0.2) is 11.5 Å². The topological polar surface area (TPSA) is 112 Å². The fourth-order valence-corrected chi connectivity index (χ4v) is 4.71. The maximum absolute atomic E-state index is 15.9. The first kappa shape index (κ1) is 21.1. The minimum absolute atomic E-state index is 0.141. The van der Waals surface area contributed by atoms with Crippen molar-refractivity contribution in [3.63, 3.8) is 0 Å². The summed E-state index contributed by atoms with van der Waals surface area (Å²) in [6, 6.07) is 9.07. The summed E-state index contributed by atoms with van der Waals surface area (Å²) in [5.74, 6) is -0.185. The number of hydrogen-bond donors (Lipinski definition) is 3. The number of fused-ring (bicyclic) bond motifs is 2. The van der Waals surface area contributed by atoms with Gasteiger partial charge in [-0.15, -0.1) is 0 Å². The van der Waals surface area contributed by atoms with Gasteiger partial charge in [0.2, 0.25) is 5.91 Å². The fraction of sp³-hybridized carbons (Fsp3) is 0.0800. The molecule has 1 aromatic carbocycles.